The Morgan fingerprint density at radius 3 is 2.94 bits per heavy atom. The Labute approximate surface area is 105 Å². The highest BCUT2D eigenvalue weighted by Gasteiger charge is 2.34. The molecule has 1 fully saturated rings. The molecule has 2 unspecified atom stereocenters. The number of rotatable bonds is 2. The average Bonchev–Trinajstić information content (AvgIpc) is 2.29. The number of nitrogens with two attached hydrogens (primary N) is 1. The van der Waals surface area contributed by atoms with Crippen LogP contribution in [-0.4, -0.2) is 35.0 Å². The third-order valence-electron chi connectivity index (χ3n) is 3.93. The normalized spacial score (nSPS) is 26.7. The van der Waals surface area contributed by atoms with Gasteiger partial charge in [0, 0.05) is 37.3 Å². The third-order valence-corrected chi connectivity index (χ3v) is 3.93. The Bertz CT molecular complexity index is 537. The molecule has 18 heavy (non-hydrogen) atoms. The Balaban J connectivity index is 1.90. The van der Waals surface area contributed by atoms with Crippen LogP contribution in [-0.2, 0) is 11.3 Å². The molecule has 1 aromatic heterocycles. The first-order valence-electron chi connectivity index (χ1n) is 6.34. The highest BCUT2D eigenvalue weighted by Crippen LogP contribution is 2.34. The van der Waals surface area contributed by atoms with E-state index in [4.69, 9.17) is 5.73 Å². The van der Waals surface area contributed by atoms with Crippen molar-refractivity contribution in [3.63, 3.8) is 0 Å². The van der Waals surface area contributed by atoms with Crippen LogP contribution >= 0.6 is 0 Å². The highest BCUT2D eigenvalue weighted by molar-refractivity contribution is 5.75. The maximum atomic E-state index is 11.8. The van der Waals surface area contributed by atoms with Gasteiger partial charge in [0.25, 0.3) is 5.56 Å². The molecule has 1 aromatic rings. The molecule has 0 saturated carbocycles. The van der Waals surface area contributed by atoms with Crippen LogP contribution in [0.3, 0.4) is 0 Å². The van der Waals surface area contributed by atoms with Crippen molar-refractivity contribution < 1.29 is 4.79 Å². The maximum Gasteiger partial charge on any atom is 0.250 e. The second-order valence-electron chi connectivity index (χ2n) is 5.36. The maximum absolute atomic E-state index is 11.8. The first-order valence-corrected chi connectivity index (χ1v) is 6.34. The average molecular weight is 247 g/mol. The molecule has 0 aromatic carbocycles. The lowest BCUT2D eigenvalue weighted by molar-refractivity contribution is -0.119. The van der Waals surface area contributed by atoms with Crippen molar-refractivity contribution >= 4 is 5.91 Å². The van der Waals surface area contributed by atoms with Gasteiger partial charge in [-0.25, -0.2) is 0 Å². The fourth-order valence-corrected chi connectivity index (χ4v) is 3.35. The van der Waals surface area contributed by atoms with Crippen molar-refractivity contribution in [3.8, 4) is 0 Å². The first-order chi connectivity index (χ1) is 8.63. The number of carbonyl (C=O) groups is 1. The van der Waals surface area contributed by atoms with Gasteiger partial charge in [-0.3, -0.25) is 14.5 Å². The van der Waals surface area contributed by atoms with E-state index < -0.39 is 0 Å². The molecular formula is C13H17N3O2. The summed E-state index contributed by atoms with van der Waals surface area (Å²) in [7, 11) is 0. The number of piperidine rings is 1. The smallest absolute Gasteiger partial charge is 0.250 e. The minimum absolute atomic E-state index is 0.0885. The van der Waals surface area contributed by atoms with Crippen molar-refractivity contribution in [1.29, 1.82) is 0 Å². The largest absolute Gasteiger partial charge is 0.369 e. The van der Waals surface area contributed by atoms with E-state index in [1.807, 2.05) is 16.7 Å². The molecule has 2 aliphatic heterocycles. The topological polar surface area (TPSA) is 68.3 Å². The zero-order chi connectivity index (χ0) is 12.7. The minimum atomic E-state index is -0.277. The molecule has 0 radical (unpaired) electrons. The Hall–Kier alpha value is -1.62. The number of pyridine rings is 1. The van der Waals surface area contributed by atoms with Crippen molar-refractivity contribution in [2.24, 2.45) is 11.7 Å². The number of primary amides is 1. The summed E-state index contributed by atoms with van der Waals surface area (Å²) in [5.74, 6) is 0.530. The number of hydrogen-bond acceptors (Lipinski definition) is 3. The number of aromatic nitrogens is 1. The van der Waals surface area contributed by atoms with Gasteiger partial charge >= 0.3 is 0 Å². The van der Waals surface area contributed by atoms with Crippen molar-refractivity contribution in [1.82, 2.24) is 9.47 Å². The van der Waals surface area contributed by atoms with Crippen LogP contribution in [0.5, 0.6) is 0 Å². The molecule has 2 bridgehead atoms. The zero-order valence-electron chi connectivity index (χ0n) is 10.2. The Morgan fingerprint density at radius 2 is 2.17 bits per heavy atom. The number of carbonyl (C=O) groups excluding carboxylic acids is 1. The van der Waals surface area contributed by atoms with Crippen LogP contribution < -0.4 is 11.3 Å². The fraction of sp³-hybridized carbons (Fsp3) is 0.538. The number of amides is 1. The first kappa shape index (κ1) is 11.5. The van der Waals surface area contributed by atoms with Gasteiger partial charge in [0.1, 0.15) is 0 Å². The van der Waals surface area contributed by atoms with Gasteiger partial charge in [0.2, 0.25) is 5.91 Å². The minimum Gasteiger partial charge on any atom is -0.369 e. The van der Waals surface area contributed by atoms with Gasteiger partial charge in [0.05, 0.1) is 6.54 Å². The molecule has 1 saturated heterocycles. The van der Waals surface area contributed by atoms with E-state index in [1.165, 1.54) is 0 Å². The molecule has 3 rings (SSSR count). The summed E-state index contributed by atoms with van der Waals surface area (Å²) in [6.45, 7) is 2.77. The molecule has 0 aliphatic carbocycles. The molecule has 5 nitrogen and oxygen atoms in total. The predicted octanol–water partition coefficient (Wildman–Crippen LogP) is -0.247. The van der Waals surface area contributed by atoms with Crippen LogP contribution in [0, 0.1) is 5.92 Å². The van der Waals surface area contributed by atoms with Gasteiger partial charge in [-0.15, -0.1) is 0 Å². The molecule has 1 amide bonds. The highest BCUT2D eigenvalue weighted by atomic mass is 16.1. The SMILES string of the molecule is NC(=O)CN1CC2CC(C1)c1cccc(=O)n1C2. The second kappa shape index (κ2) is 4.24. The molecular weight excluding hydrogens is 230 g/mol. The second-order valence-corrected chi connectivity index (χ2v) is 5.36. The lowest BCUT2D eigenvalue weighted by Gasteiger charge is -2.42. The summed E-state index contributed by atoms with van der Waals surface area (Å²) in [6.07, 6.45) is 1.11. The summed E-state index contributed by atoms with van der Waals surface area (Å²) in [4.78, 5) is 25.0. The zero-order valence-corrected chi connectivity index (χ0v) is 10.2. The lowest BCUT2D eigenvalue weighted by Crippen LogP contribution is -2.49. The fourth-order valence-electron chi connectivity index (χ4n) is 3.35. The summed E-state index contributed by atoms with van der Waals surface area (Å²) < 4.78 is 1.89. The summed E-state index contributed by atoms with van der Waals surface area (Å²) >= 11 is 0. The molecule has 2 atom stereocenters. The van der Waals surface area contributed by atoms with E-state index in [1.54, 1.807) is 6.07 Å². The van der Waals surface area contributed by atoms with Crippen molar-refractivity contribution in [2.75, 3.05) is 19.6 Å². The number of hydrogen-bond donors (Lipinski definition) is 1. The number of fused-ring (bicyclic) bond motifs is 4. The van der Waals surface area contributed by atoms with Gasteiger partial charge in [-0.1, -0.05) is 6.07 Å². The molecule has 2 N–H and O–H groups in total. The van der Waals surface area contributed by atoms with Crippen LogP contribution in [0.4, 0.5) is 0 Å². The van der Waals surface area contributed by atoms with Crippen LogP contribution in [0.1, 0.15) is 18.0 Å². The molecule has 96 valence electrons. The van der Waals surface area contributed by atoms with E-state index in [2.05, 4.69) is 4.90 Å². The third kappa shape index (κ3) is 1.95. The monoisotopic (exact) mass is 247 g/mol. The number of likely N-dealkylation sites (tertiary alicyclic amines) is 1. The van der Waals surface area contributed by atoms with E-state index in [0.29, 0.717) is 18.4 Å². The van der Waals surface area contributed by atoms with Crippen LogP contribution in [0.15, 0.2) is 23.0 Å². The summed E-state index contributed by atoms with van der Waals surface area (Å²) in [6, 6.07) is 5.46. The van der Waals surface area contributed by atoms with Crippen LogP contribution in [0.2, 0.25) is 0 Å². The Morgan fingerprint density at radius 1 is 1.33 bits per heavy atom. The summed E-state index contributed by atoms with van der Waals surface area (Å²) in [5, 5.41) is 0. The van der Waals surface area contributed by atoms with Gasteiger partial charge in [-0.2, -0.15) is 0 Å². The van der Waals surface area contributed by atoms with E-state index in [-0.39, 0.29) is 11.5 Å². The Kier molecular flexibility index (Phi) is 2.70. The molecule has 3 heterocycles. The van der Waals surface area contributed by atoms with E-state index in [0.717, 1.165) is 31.7 Å². The van der Waals surface area contributed by atoms with Gasteiger partial charge < -0.3 is 10.3 Å². The number of nitrogens with zero attached hydrogens (tertiary/aromatic N) is 2. The summed E-state index contributed by atoms with van der Waals surface area (Å²) in [5.41, 5.74) is 6.45. The quantitative estimate of drug-likeness (QED) is 0.783. The molecule has 2 aliphatic rings. The molecule has 0 spiro atoms. The van der Waals surface area contributed by atoms with Gasteiger partial charge in [-0.05, 0) is 18.4 Å². The van der Waals surface area contributed by atoms with Crippen molar-refractivity contribution in [2.45, 2.75) is 18.9 Å². The van der Waals surface area contributed by atoms with E-state index in [9.17, 15) is 9.59 Å². The lowest BCUT2D eigenvalue weighted by atomic mass is 9.83. The van der Waals surface area contributed by atoms with Gasteiger partial charge in [0.15, 0.2) is 0 Å². The van der Waals surface area contributed by atoms with Crippen molar-refractivity contribution in [3.05, 3.63) is 34.2 Å². The standard InChI is InChI=1S/C13H17N3O2/c14-12(17)8-15-5-9-4-10(7-15)11-2-1-3-13(18)16(11)6-9/h1-3,9-10H,4-8H2,(H2,14,17). The van der Waals surface area contributed by atoms with E-state index >= 15 is 0 Å². The van der Waals surface area contributed by atoms with Crippen LogP contribution in [0.25, 0.3) is 0 Å². The molecule has 5 heteroatoms. The predicted molar refractivity (Wildman–Crippen MR) is 67.2 cm³/mol.